The largest absolute Gasteiger partial charge is 0.293 e. The van der Waals surface area contributed by atoms with Gasteiger partial charge in [0.1, 0.15) is 6.33 Å². The Kier molecular flexibility index (Phi) is 4.37. The standard InChI is InChI=1S/C14H17N3OS/c1-4-11-5-7-12(8-6-11)13(18)10(2)19-14-15-9-16-17(14)3/h5-10H,4H2,1-3H3. The lowest BCUT2D eigenvalue weighted by molar-refractivity contribution is 0.0994. The molecule has 1 unspecified atom stereocenters. The van der Waals surface area contributed by atoms with Crippen LogP contribution in [0.3, 0.4) is 0 Å². The first-order valence-electron chi connectivity index (χ1n) is 6.25. The van der Waals surface area contributed by atoms with Gasteiger partial charge in [-0.1, -0.05) is 43.0 Å². The molecule has 5 heteroatoms. The van der Waals surface area contributed by atoms with E-state index in [0.29, 0.717) is 0 Å². The molecule has 4 nitrogen and oxygen atoms in total. The predicted molar refractivity (Wildman–Crippen MR) is 76.5 cm³/mol. The summed E-state index contributed by atoms with van der Waals surface area (Å²) in [5.41, 5.74) is 1.99. The third kappa shape index (κ3) is 3.23. The van der Waals surface area contributed by atoms with Crippen molar-refractivity contribution in [2.45, 2.75) is 30.7 Å². The summed E-state index contributed by atoms with van der Waals surface area (Å²) in [6, 6.07) is 7.81. The average molecular weight is 275 g/mol. The molecule has 1 aromatic heterocycles. The van der Waals surface area contributed by atoms with Crippen molar-refractivity contribution in [1.29, 1.82) is 0 Å². The Balaban J connectivity index is 2.08. The smallest absolute Gasteiger partial charge is 0.186 e. The summed E-state index contributed by atoms with van der Waals surface area (Å²) < 4.78 is 1.68. The second-order valence-electron chi connectivity index (χ2n) is 4.34. The van der Waals surface area contributed by atoms with Crippen molar-refractivity contribution in [3.63, 3.8) is 0 Å². The van der Waals surface area contributed by atoms with Gasteiger partial charge in [0.25, 0.3) is 0 Å². The lowest BCUT2D eigenvalue weighted by Gasteiger charge is -2.09. The van der Waals surface area contributed by atoms with Gasteiger partial charge in [0.15, 0.2) is 10.9 Å². The molecule has 0 fully saturated rings. The zero-order chi connectivity index (χ0) is 13.8. The SMILES string of the molecule is CCc1ccc(C(=O)C(C)Sc2ncnn2C)cc1. The van der Waals surface area contributed by atoms with E-state index in [2.05, 4.69) is 17.0 Å². The number of ketones is 1. The van der Waals surface area contributed by atoms with Gasteiger partial charge < -0.3 is 0 Å². The molecule has 0 saturated carbocycles. The van der Waals surface area contributed by atoms with E-state index in [1.54, 1.807) is 4.68 Å². The molecule has 0 saturated heterocycles. The fourth-order valence-corrected chi connectivity index (χ4v) is 2.61. The van der Waals surface area contributed by atoms with Crippen LogP contribution in [0.4, 0.5) is 0 Å². The molecule has 0 radical (unpaired) electrons. The molecule has 2 aromatic rings. The van der Waals surface area contributed by atoms with Crippen molar-refractivity contribution in [3.05, 3.63) is 41.7 Å². The first kappa shape index (κ1) is 13.8. The number of rotatable bonds is 5. The molecular weight excluding hydrogens is 258 g/mol. The molecule has 0 aliphatic carbocycles. The summed E-state index contributed by atoms with van der Waals surface area (Å²) in [7, 11) is 1.82. The summed E-state index contributed by atoms with van der Waals surface area (Å²) in [5.74, 6) is 0.121. The molecule has 2 rings (SSSR count). The molecule has 1 heterocycles. The number of carbonyl (C=O) groups excluding carboxylic acids is 1. The molecule has 0 N–H and O–H groups in total. The molecular formula is C14H17N3OS. The number of aryl methyl sites for hydroxylation is 2. The van der Waals surface area contributed by atoms with Gasteiger partial charge in [-0.15, -0.1) is 0 Å². The number of benzene rings is 1. The van der Waals surface area contributed by atoms with Crippen molar-refractivity contribution in [2.24, 2.45) is 7.05 Å². The van der Waals surface area contributed by atoms with Gasteiger partial charge in [-0.3, -0.25) is 4.79 Å². The van der Waals surface area contributed by atoms with Gasteiger partial charge in [-0.05, 0) is 18.9 Å². The summed E-state index contributed by atoms with van der Waals surface area (Å²) >= 11 is 1.43. The van der Waals surface area contributed by atoms with Gasteiger partial charge in [0.05, 0.1) is 5.25 Å². The minimum atomic E-state index is -0.171. The molecule has 100 valence electrons. The van der Waals surface area contributed by atoms with Gasteiger partial charge in [0.2, 0.25) is 0 Å². The van der Waals surface area contributed by atoms with Crippen molar-refractivity contribution in [3.8, 4) is 0 Å². The molecule has 0 bridgehead atoms. The Morgan fingerprint density at radius 2 is 2.05 bits per heavy atom. The van der Waals surface area contributed by atoms with Crippen LogP contribution in [0, 0.1) is 0 Å². The van der Waals surface area contributed by atoms with Crippen LogP contribution in [0.25, 0.3) is 0 Å². The second-order valence-corrected chi connectivity index (χ2v) is 5.65. The van der Waals surface area contributed by atoms with Crippen LogP contribution in [0.15, 0.2) is 35.7 Å². The summed E-state index contributed by atoms with van der Waals surface area (Å²) in [6.07, 6.45) is 2.48. The lowest BCUT2D eigenvalue weighted by Crippen LogP contribution is -2.14. The number of nitrogens with zero attached hydrogens (tertiary/aromatic N) is 3. The number of carbonyl (C=O) groups is 1. The van der Waals surface area contributed by atoms with Crippen molar-refractivity contribution >= 4 is 17.5 Å². The highest BCUT2D eigenvalue weighted by molar-refractivity contribution is 8.00. The fraction of sp³-hybridized carbons (Fsp3) is 0.357. The van der Waals surface area contributed by atoms with Crippen molar-refractivity contribution < 1.29 is 4.79 Å². The van der Waals surface area contributed by atoms with E-state index in [9.17, 15) is 4.79 Å². The second kappa shape index (κ2) is 6.02. The summed E-state index contributed by atoms with van der Waals surface area (Å²) in [4.78, 5) is 16.4. The summed E-state index contributed by atoms with van der Waals surface area (Å²) in [5, 5.41) is 4.58. The molecule has 0 spiro atoms. The number of thioether (sulfide) groups is 1. The zero-order valence-electron chi connectivity index (χ0n) is 11.3. The van der Waals surface area contributed by atoms with Crippen molar-refractivity contribution in [1.82, 2.24) is 14.8 Å². The number of aromatic nitrogens is 3. The highest BCUT2D eigenvalue weighted by Gasteiger charge is 2.18. The predicted octanol–water partition coefficient (Wildman–Crippen LogP) is 2.74. The third-order valence-electron chi connectivity index (χ3n) is 2.97. The van der Waals surface area contributed by atoms with Crippen LogP contribution in [0.5, 0.6) is 0 Å². The topological polar surface area (TPSA) is 47.8 Å². The number of hydrogen-bond acceptors (Lipinski definition) is 4. The Morgan fingerprint density at radius 1 is 1.37 bits per heavy atom. The van der Waals surface area contributed by atoms with Crippen LogP contribution in [0.1, 0.15) is 29.8 Å². The Morgan fingerprint density at radius 3 is 2.58 bits per heavy atom. The maximum atomic E-state index is 12.3. The van der Waals surface area contributed by atoms with Crippen LogP contribution >= 0.6 is 11.8 Å². The molecule has 0 aliphatic heterocycles. The third-order valence-corrected chi connectivity index (χ3v) is 4.12. The van der Waals surface area contributed by atoms with Crippen LogP contribution in [-0.4, -0.2) is 25.8 Å². The maximum absolute atomic E-state index is 12.3. The molecule has 0 amide bonds. The number of Topliss-reactive ketones (excluding diaryl/α,β-unsaturated/α-hetero) is 1. The van der Waals surface area contributed by atoms with Crippen LogP contribution in [0.2, 0.25) is 0 Å². The maximum Gasteiger partial charge on any atom is 0.186 e. The molecule has 1 aromatic carbocycles. The molecule has 19 heavy (non-hydrogen) atoms. The normalized spacial score (nSPS) is 12.4. The quantitative estimate of drug-likeness (QED) is 0.622. The minimum Gasteiger partial charge on any atom is -0.293 e. The van der Waals surface area contributed by atoms with Gasteiger partial charge in [-0.2, -0.15) is 5.10 Å². The van der Waals surface area contributed by atoms with E-state index in [1.165, 1.54) is 23.7 Å². The van der Waals surface area contributed by atoms with Crippen LogP contribution < -0.4 is 0 Å². The Hall–Kier alpha value is -1.62. The first-order valence-corrected chi connectivity index (χ1v) is 7.13. The van der Waals surface area contributed by atoms with E-state index in [4.69, 9.17) is 0 Å². The fourth-order valence-electron chi connectivity index (χ4n) is 1.74. The minimum absolute atomic E-state index is 0.121. The monoisotopic (exact) mass is 275 g/mol. The average Bonchev–Trinajstić information content (AvgIpc) is 2.83. The van der Waals surface area contributed by atoms with E-state index in [1.807, 2.05) is 38.2 Å². The van der Waals surface area contributed by atoms with Crippen molar-refractivity contribution in [2.75, 3.05) is 0 Å². The van der Waals surface area contributed by atoms with E-state index in [0.717, 1.165) is 17.1 Å². The van der Waals surface area contributed by atoms with E-state index < -0.39 is 0 Å². The highest BCUT2D eigenvalue weighted by Crippen LogP contribution is 2.23. The lowest BCUT2D eigenvalue weighted by atomic mass is 10.1. The Bertz CT molecular complexity index is 562. The van der Waals surface area contributed by atoms with Crippen LogP contribution in [-0.2, 0) is 13.5 Å². The first-order chi connectivity index (χ1) is 9.11. The van der Waals surface area contributed by atoms with E-state index in [-0.39, 0.29) is 11.0 Å². The van der Waals surface area contributed by atoms with Gasteiger partial charge in [0, 0.05) is 12.6 Å². The van der Waals surface area contributed by atoms with E-state index >= 15 is 0 Å². The molecule has 1 atom stereocenters. The van der Waals surface area contributed by atoms with Gasteiger partial charge in [-0.25, -0.2) is 9.67 Å². The Labute approximate surface area is 117 Å². The number of hydrogen-bond donors (Lipinski definition) is 0. The summed E-state index contributed by atoms with van der Waals surface area (Å²) in [6.45, 7) is 4.00. The highest BCUT2D eigenvalue weighted by atomic mass is 32.2. The zero-order valence-corrected chi connectivity index (χ0v) is 12.1. The van der Waals surface area contributed by atoms with Gasteiger partial charge >= 0.3 is 0 Å². The molecule has 0 aliphatic rings.